The molecule has 0 unspecified atom stereocenters. The van der Waals surface area contributed by atoms with Crippen molar-refractivity contribution in [2.75, 3.05) is 12.8 Å². The lowest BCUT2D eigenvalue weighted by Gasteiger charge is -2.25. The maximum Gasteiger partial charge on any atom is 0.417 e. The first-order chi connectivity index (χ1) is 15.0. The Hall–Kier alpha value is -3.83. The fourth-order valence-electron chi connectivity index (χ4n) is 3.32. The maximum atomic E-state index is 14.7. The molecule has 1 atom stereocenters. The third-order valence-electron chi connectivity index (χ3n) is 5.19. The molecule has 3 aromatic heterocycles. The lowest BCUT2D eigenvalue weighted by molar-refractivity contribution is -0.138. The Balaban J connectivity index is 1.72. The van der Waals surface area contributed by atoms with Crippen LogP contribution in [0.2, 0.25) is 0 Å². The van der Waals surface area contributed by atoms with E-state index in [1.54, 1.807) is 0 Å². The molecule has 166 valence electrons. The highest BCUT2D eigenvalue weighted by atomic mass is 19.4. The number of imidazole rings is 1. The maximum absolute atomic E-state index is 14.7. The summed E-state index contributed by atoms with van der Waals surface area (Å²) in [6.07, 6.45) is -1.40. The summed E-state index contributed by atoms with van der Waals surface area (Å²) < 4.78 is 68.9. The number of fused-ring (bicyclic) bond motifs is 3. The summed E-state index contributed by atoms with van der Waals surface area (Å²) in [5, 5.41) is 0. The van der Waals surface area contributed by atoms with E-state index in [1.807, 2.05) is 0 Å². The van der Waals surface area contributed by atoms with Gasteiger partial charge in [0.15, 0.2) is 0 Å². The van der Waals surface area contributed by atoms with Crippen molar-refractivity contribution in [3.8, 4) is 0 Å². The molecule has 0 bridgehead atoms. The minimum absolute atomic E-state index is 0.128. The number of hydrogen-bond donors (Lipinski definition) is 1. The van der Waals surface area contributed by atoms with Crippen LogP contribution < -0.4 is 5.73 Å². The van der Waals surface area contributed by atoms with Crippen molar-refractivity contribution in [2.24, 2.45) is 0 Å². The van der Waals surface area contributed by atoms with Gasteiger partial charge in [0.2, 0.25) is 0 Å². The Labute approximate surface area is 177 Å². The average Bonchev–Trinajstić information content (AvgIpc) is 3.22. The molecular formula is C20H15F5N6O. The number of pyridine rings is 1. The summed E-state index contributed by atoms with van der Waals surface area (Å²) in [5.41, 5.74) is 4.85. The van der Waals surface area contributed by atoms with E-state index in [4.69, 9.17) is 5.73 Å². The van der Waals surface area contributed by atoms with Crippen LogP contribution in [0.4, 0.5) is 27.8 Å². The lowest BCUT2D eigenvalue weighted by atomic mass is 10.1. The predicted molar refractivity (Wildman–Crippen MR) is 105 cm³/mol. The summed E-state index contributed by atoms with van der Waals surface area (Å²) in [4.78, 5) is 25.6. The second kappa shape index (κ2) is 7.39. The SMILES string of the molecule is C[C@H](c1ncc(C(F)(F)F)cc1F)N(C)C(=O)c1cc2c(cc1F)nc(N)c1cncn12. The molecule has 1 amide bonds. The Kier molecular flexibility index (Phi) is 4.94. The van der Waals surface area contributed by atoms with E-state index in [9.17, 15) is 26.7 Å². The summed E-state index contributed by atoms with van der Waals surface area (Å²) in [7, 11) is 1.27. The molecule has 0 radical (unpaired) electrons. The highest BCUT2D eigenvalue weighted by Crippen LogP contribution is 2.31. The minimum atomic E-state index is -4.76. The normalized spacial score (nSPS) is 13.0. The van der Waals surface area contributed by atoms with Gasteiger partial charge in [0.1, 0.15) is 23.0 Å². The van der Waals surface area contributed by atoms with Crippen LogP contribution in [0.3, 0.4) is 0 Å². The average molecular weight is 450 g/mol. The van der Waals surface area contributed by atoms with Gasteiger partial charge in [-0.3, -0.25) is 14.2 Å². The monoisotopic (exact) mass is 450 g/mol. The van der Waals surface area contributed by atoms with Gasteiger partial charge in [-0.15, -0.1) is 0 Å². The molecule has 0 aliphatic carbocycles. The summed E-state index contributed by atoms with van der Waals surface area (Å²) in [5.74, 6) is -2.83. The number of rotatable bonds is 3. The lowest BCUT2D eigenvalue weighted by Crippen LogP contribution is -2.31. The number of benzene rings is 1. The number of amides is 1. The predicted octanol–water partition coefficient (Wildman–Crippen LogP) is 3.99. The summed E-state index contributed by atoms with van der Waals surface area (Å²) in [6.45, 7) is 1.37. The molecule has 1 aromatic carbocycles. The van der Waals surface area contributed by atoms with Gasteiger partial charge in [-0.05, 0) is 19.1 Å². The molecule has 12 heteroatoms. The number of anilines is 1. The van der Waals surface area contributed by atoms with Gasteiger partial charge in [0, 0.05) is 19.3 Å². The zero-order chi connectivity index (χ0) is 23.4. The van der Waals surface area contributed by atoms with Crippen LogP contribution in [-0.2, 0) is 6.18 Å². The standard InChI is InChI=1S/C20H15F5N6O/c1-9(17-13(22)3-10(6-28-17)20(23,24)25)30(2)19(32)11-4-15-14(5-12(11)21)29-18(26)16-7-27-8-31(15)16/h3-9H,1-2H3,(H2,26,29)/t9-/m1/s1. The van der Waals surface area contributed by atoms with E-state index >= 15 is 0 Å². The second-order valence-corrected chi connectivity index (χ2v) is 7.15. The largest absolute Gasteiger partial charge is 0.417 e. The van der Waals surface area contributed by atoms with Crippen molar-refractivity contribution in [3.63, 3.8) is 0 Å². The number of carbonyl (C=O) groups excluding carboxylic acids is 1. The van der Waals surface area contributed by atoms with E-state index in [1.165, 1.54) is 37.0 Å². The van der Waals surface area contributed by atoms with Crippen LogP contribution >= 0.6 is 0 Å². The third-order valence-corrected chi connectivity index (χ3v) is 5.19. The van der Waals surface area contributed by atoms with Crippen molar-refractivity contribution >= 4 is 28.3 Å². The van der Waals surface area contributed by atoms with E-state index in [2.05, 4.69) is 15.0 Å². The second-order valence-electron chi connectivity index (χ2n) is 7.15. The van der Waals surface area contributed by atoms with Crippen molar-refractivity contribution < 1.29 is 26.7 Å². The van der Waals surface area contributed by atoms with Crippen LogP contribution in [-0.4, -0.2) is 37.2 Å². The number of aromatic nitrogens is 4. The van der Waals surface area contributed by atoms with Gasteiger partial charge in [-0.25, -0.2) is 18.7 Å². The van der Waals surface area contributed by atoms with Gasteiger partial charge >= 0.3 is 6.18 Å². The minimum Gasteiger partial charge on any atom is -0.382 e. The highest BCUT2D eigenvalue weighted by Gasteiger charge is 2.33. The number of nitrogen functional groups attached to an aromatic ring is 1. The Morgan fingerprint density at radius 3 is 2.50 bits per heavy atom. The Bertz CT molecular complexity index is 1370. The number of alkyl halides is 3. The fraction of sp³-hybridized carbons (Fsp3) is 0.200. The number of nitrogens with two attached hydrogens (primary N) is 1. The quantitative estimate of drug-likeness (QED) is 0.477. The first kappa shape index (κ1) is 21.4. The number of carbonyl (C=O) groups is 1. The molecule has 0 aliphatic heterocycles. The van der Waals surface area contributed by atoms with E-state index in [0.717, 1.165) is 11.0 Å². The molecular weight excluding hydrogens is 435 g/mol. The van der Waals surface area contributed by atoms with Crippen LogP contribution in [0.15, 0.2) is 36.9 Å². The first-order valence-electron chi connectivity index (χ1n) is 9.19. The fourth-order valence-corrected chi connectivity index (χ4v) is 3.32. The molecule has 4 rings (SSSR count). The molecule has 0 saturated heterocycles. The van der Waals surface area contributed by atoms with Crippen LogP contribution in [0.5, 0.6) is 0 Å². The molecule has 0 saturated carbocycles. The number of halogens is 5. The van der Waals surface area contributed by atoms with E-state index in [-0.39, 0.29) is 22.6 Å². The number of nitrogens with zero attached hydrogens (tertiary/aromatic N) is 5. The summed E-state index contributed by atoms with van der Waals surface area (Å²) >= 11 is 0. The van der Waals surface area contributed by atoms with Crippen molar-refractivity contribution in [2.45, 2.75) is 19.1 Å². The number of hydrogen-bond acceptors (Lipinski definition) is 5. The molecule has 7 nitrogen and oxygen atoms in total. The molecule has 0 fully saturated rings. The topological polar surface area (TPSA) is 89.4 Å². The van der Waals surface area contributed by atoms with Crippen molar-refractivity contribution in [1.29, 1.82) is 0 Å². The van der Waals surface area contributed by atoms with Gasteiger partial charge in [-0.1, -0.05) is 0 Å². The molecule has 3 heterocycles. The van der Waals surface area contributed by atoms with Crippen LogP contribution in [0.1, 0.15) is 34.6 Å². The molecule has 0 aliphatic rings. The van der Waals surface area contributed by atoms with E-state index < -0.39 is 35.3 Å². The van der Waals surface area contributed by atoms with Gasteiger partial charge in [-0.2, -0.15) is 13.2 Å². The molecule has 2 N–H and O–H groups in total. The van der Waals surface area contributed by atoms with Crippen molar-refractivity contribution in [1.82, 2.24) is 24.3 Å². The first-order valence-corrected chi connectivity index (χ1v) is 9.19. The molecule has 32 heavy (non-hydrogen) atoms. The van der Waals surface area contributed by atoms with Crippen LogP contribution in [0.25, 0.3) is 16.6 Å². The smallest absolute Gasteiger partial charge is 0.382 e. The van der Waals surface area contributed by atoms with Gasteiger partial charge < -0.3 is 10.6 Å². The third kappa shape index (κ3) is 3.47. The van der Waals surface area contributed by atoms with Gasteiger partial charge in [0.05, 0.1) is 46.4 Å². The molecule has 4 aromatic rings. The van der Waals surface area contributed by atoms with Gasteiger partial charge in [0.25, 0.3) is 5.91 Å². The highest BCUT2D eigenvalue weighted by molar-refractivity contribution is 5.98. The Morgan fingerprint density at radius 2 is 1.84 bits per heavy atom. The summed E-state index contributed by atoms with van der Waals surface area (Å²) in [6, 6.07) is 1.51. The van der Waals surface area contributed by atoms with Crippen molar-refractivity contribution in [3.05, 3.63) is 65.4 Å². The van der Waals surface area contributed by atoms with E-state index in [0.29, 0.717) is 23.3 Å². The van der Waals surface area contributed by atoms with Crippen LogP contribution in [0, 0.1) is 11.6 Å². The zero-order valence-corrected chi connectivity index (χ0v) is 16.7. The molecule has 0 spiro atoms. The zero-order valence-electron chi connectivity index (χ0n) is 16.7. The Morgan fingerprint density at radius 1 is 1.12 bits per heavy atom.